The summed E-state index contributed by atoms with van der Waals surface area (Å²) >= 11 is 0. The second kappa shape index (κ2) is 9.39. The average Bonchev–Trinajstić information content (AvgIpc) is 2.61. The molecule has 0 spiro atoms. The summed E-state index contributed by atoms with van der Waals surface area (Å²) in [5.41, 5.74) is 8.51. The number of carbonyl (C=O) groups excluding carboxylic acids is 2. The second-order valence-corrected chi connectivity index (χ2v) is 5.72. The van der Waals surface area contributed by atoms with Gasteiger partial charge in [0.15, 0.2) is 0 Å². The Balaban J connectivity index is 2.06. The highest BCUT2D eigenvalue weighted by Gasteiger charge is 2.09. The first kappa shape index (κ1) is 18.4. The Morgan fingerprint density at radius 2 is 1.80 bits per heavy atom. The lowest BCUT2D eigenvalue weighted by Crippen LogP contribution is -2.16. The van der Waals surface area contributed by atoms with Gasteiger partial charge in [0.1, 0.15) is 0 Å². The molecule has 25 heavy (non-hydrogen) atoms. The molecule has 0 heterocycles. The second-order valence-electron chi connectivity index (χ2n) is 5.72. The molecule has 0 bridgehead atoms. The fourth-order valence-corrected chi connectivity index (χ4v) is 2.26. The number of hydrogen-bond donors (Lipinski definition) is 3. The lowest BCUT2D eigenvalue weighted by atomic mass is 10.1. The van der Waals surface area contributed by atoms with Gasteiger partial charge >= 0.3 is 0 Å². The zero-order chi connectivity index (χ0) is 18.1. The number of carbonyl (C=O) groups is 2. The van der Waals surface area contributed by atoms with E-state index in [1.165, 1.54) is 6.08 Å². The van der Waals surface area contributed by atoms with E-state index in [-0.39, 0.29) is 11.8 Å². The predicted octanol–water partition coefficient (Wildman–Crippen LogP) is 3.32. The molecule has 2 aromatic carbocycles. The highest BCUT2D eigenvalue weighted by Crippen LogP contribution is 2.23. The normalized spacial score (nSPS) is 10.6. The number of aryl methyl sites for hydroxylation is 1. The van der Waals surface area contributed by atoms with Crippen LogP contribution in [0.5, 0.6) is 0 Å². The van der Waals surface area contributed by atoms with Gasteiger partial charge in [0.05, 0.1) is 11.4 Å². The Morgan fingerprint density at radius 3 is 2.52 bits per heavy atom. The molecule has 5 heteroatoms. The lowest BCUT2D eigenvalue weighted by molar-refractivity contribution is -0.116. The number of rotatable bonds is 7. The van der Waals surface area contributed by atoms with Gasteiger partial charge in [-0.15, -0.1) is 0 Å². The third-order valence-corrected chi connectivity index (χ3v) is 3.54. The van der Waals surface area contributed by atoms with Crippen LogP contribution in [0.15, 0.2) is 54.6 Å². The molecule has 0 aliphatic carbocycles. The van der Waals surface area contributed by atoms with Crippen LogP contribution in [-0.4, -0.2) is 18.4 Å². The molecule has 0 aliphatic rings. The van der Waals surface area contributed by atoms with Crippen molar-refractivity contribution in [1.29, 1.82) is 0 Å². The van der Waals surface area contributed by atoms with Gasteiger partial charge in [-0.2, -0.15) is 0 Å². The molecule has 2 amide bonds. The van der Waals surface area contributed by atoms with E-state index < -0.39 is 0 Å². The molecule has 4 N–H and O–H groups in total. The van der Waals surface area contributed by atoms with Crippen LogP contribution in [0.2, 0.25) is 0 Å². The quantitative estimate of drug-likeness (QED) is 0.678. The van der Waals surface area contributed by atoms with Crippen molar-refractivity contribution in [2.75, 3.05) is 17.2 Å². The Hall–Kier alpha value is -2.92. The van der Waals surface area contributed by atoms with Gasteiger partial charge < -0.3 is 16.4 Å². The van der Waals surface area contributed by atoms with Crippen molar-refractivity contribution in [1.82, 2.24) is 0 Å². The van der Waals surface area contributed by atoms with E-state index in [0.717, 1.165) is 11.1 Å². The molecule has 0 aromatic heterocycles. The first-order chi connectivity index (χ1) is 12.1. The van der Waals surface area contributed by atoms with Gasteiger partial charge in [0, 0.05) is 12.5 Å². The summed E-state index contributed by atoms with van der Waals surface area (Å²) in [5, 5.41) is 5.64. The number of anilines is 2. The number of hydrogen-bond acceptors (Lipinski definition) is 3. The molecular weight excluding hydrogens is 314 g/mol. The molecule has 5 nitrogen and oxygen atoms in total. The minimum atomic E-state index is -0.259. The first-order valence-electron chi connectivity index (χ1n) is 8.23. The van der Waals surface area contributed by atoms with Crippen LogP contribution in [0, 0.1) is 6.92 Å². The summed E-state index contributed by atoms with van der Waals surface area (Å²) in [6.45, 7) is 2.39. The molecule has 0 radical (unpaired) electrons. The highest BCUT2D eigenvalue weighted by atomic mass is 16.2. The maximum atomic E-state index is 12.2. The molecule has 0 atom stereocenters. The van der Waals surface area contributed by atoms with E-state index in [1.54, 1.807) is 12.1 Å². The average molecular weight is 337 g/mol. The van der Waals surface area contributed by atoms with Crippen LogP contribution >= 0.6 is 0 Å². The van der Waals surface area contributed by atoms with Crippen molar-refractivity contribution in [2.45, 2.75) is 19.8 Å². The van der Waals surface area contributed by atoms with E-state index in [1.807, 2.05) is 49.4 Å². The number of amides is 2. The van der Waals surface area contributed by atoms with Gasteiger partial charge in [-0.25, -0.2) is 0 Å². The number of benzene rings is 2. The van der Waals surface area contributed by atoms with Crippen LogP contribution in [0.25, 0.3) is 6.08 Å². The zero-order valence-electron chi connectivity index (χ0n) is 14.3. The Kier molecular flexibility index (Phi) is 6.92. The van der Waals surface area contributed by atoms with Crippen molar-refractivity contribution in [3.63, 3.8) is 0 Å². The predicted molar refractivity (Wildman–Crippen MR) is 102 cm³/mol. The van der Waals surface area contributed by atoms with Crippen LogP contribution < -0.4 is 16.4 Å². The summed E-state index contributed by atoms with van der Waals surface area (Å²) in [6.07, 6.45) is 4.18. The fourth-order valence-electron chi connectivity index (χ4n) is 2.26. The van der Waals surface area contributed by atoms with Gasteiger partial charge in [0.2, 0.25) is 11.8 Å². The van der Waals surface area contributed by atoms with E-state index in [9.17, 15) is 9.59 Å². The summed E-state index contributed by atoms with van der Waals surface area (Å²) in [7, 11) is 0. The Morgan fingerprint density at radius 1 is 1.04 bits per heavy atom. The van der Waals surface area contributed by atoms with E-state index in [4.69, 9.17) is 5.73 Å². The molecule has 0 saturated carbocycles. The standard InChI is InChI=1S/C20H23N3O2/c1-15-9-11-17(18(14-15)23-19(24)8-5-13-21)22-20(25)12-10-16-6-3-2-4-7-16/h2-4,6-7,9-12,14H,5,8,13,21H2,1H3,(H,22,25)(H,23,24)/b12-10+. The van der Waals surface area contributed by atoms with E-state index in [0.29, 0.717) is 30.8 Å². The molecule has 2 aromatic rings. The van der Waals surface area contributed by atoms with Crippen molar-refractivity contribution >= 4 is 29.3 Å². The van der Waals surface area contributed by atoms with Gasteiger partial charge in [0.25, 0.3) is 0 Å². The van der Waals surface area contributed by atoms with Crippen molar-refractivity contribution in [2.24, 2.45) is 5.73 Å². The van der Waals surface area contributed by atoms with Crippen LogP contribution in [0.4, 0.5) is 11.4 Å². The third-order valence-electron chi connectivity index (χ3n) is 3.54. The highest BCUT2D eigenvalue weighted by molar-refractivity contribution is 6.05. The first-order valence-corrected chi connectivity index (χ1v) is 8.23. The van der Waals surface area contributed by atoms with Crippen molar-refractivity contribution < 1.29 is 9.59 Å². The Bertz CT molecular complexity index is 755. The topological polar surface area (TPSA) is 84.2 Å². The molecule has 0 aliphatic heterocycles. The summed E-state index contributed by atoms with van der Waals surface area (Å²) in [4.78, 5) is 24.1. The van der Waals surface area contributed by atoms with Crippen LogP contribution in [0.1, 0.15) is 24.0 Å². The summed E-state index contributed by atoms with van der Waals surface area (Å²) < 4.78 is 0. The zero-order valence-corrected chi connectivity index (χ0v) is 14.3. The summed E-state index contributed by atoms with van der Waals surface area (Å²) in [6, 6.07) is 15.1. The van der Waals surface area contributed by atoms with E-state index in [2.05, 4.69) is 10.6 Å². The maximum absolute atomic E-state index is 12.2. The number of nitrogens with two attached hydrogens (primary N) is 1. The lowest BCUT2D eigenvalue weighted by Gasteiger charge is -2.12. The monoisotopic (exact) mass is 337 g/mol. The molecule has 0 unspecified atom stereocenters. The SMILES string of the molecule is Cc1ccc(NC(=O)/C=C/c2ccccc2)c(NC(=O)CCCN)c1. The maximum Gasteiger partial charge on any atom is 0.248 e. The smallest absolute Gasteiger partial charge is 0.248 e. The van der Waals surface area contributed by atoms with Crippen LogP contribution in [-0.2, 0) is 9.59 Å². The van der Waals surface area contributed by atoms with Crippen molar-refractivity contribution in [3.8, 4) is 0 Å². The third kappa shape index (κ3) is 6.24. The largest absolute Gasteiger partial charge is 0.330 e. The Labute approximate surface area is 147 Å². The fraction of sp³-hybridized carbons (Fsp3) is 0.200. The summed E-state index contributed by atoms with van der Waals surface area (Å²) in [5.74, 6) is -0.378. The molecular formula is C20H23N3O2. The van der Waals surface area contributed by atoms with Crippen LogP contribution in [0.3, 0.4) is 0 Å². The minimum absolute atomic E-state index is 0.119. The number of nitrogens with one attached hydrogen (secondary N) is 2. The molecule has 130 valence electrons. The molecule has 2 rings (SSSR count). The van der Waals surface area contributed by atoms with Gasteiger partial charge in [-0.05, 0) is 49.2 Å². The van der Waals surface area contributed by atoms with Gasteiger partial charge in [-0.3, -0.25) is 9.59 Å². The van der Waals surface area contributed by atoms with E-state index >= 15 is 0 Å². The van der Waals surface area contributed by atoms with Gasteiger partial charge in [-0.1, -0.05) is 36.4 Å². The molecule has 0 saturated heterocycles. The minimum Gasteiger partial charge on any atom is -0.330 e. The molecule has 0 fully saturated rings. The van der Waals surface area contributed by atoms with Crippen molar-refractivity contribution in [3.05, 3.63) is 65.7 Å².